The van der Waals surface area contributed by atoms with E-state index in [1.165, 1.54) is 67.6 Å². The monoisotopic (exact) mass is 647 g/mol. The fourth-order valence-corrected chi connectivity index (χ4v) is 4.56. The van der Waals surface area contributed by atoms with Crippen LogP contribution in [0.25, 0.3) is 0 Å². The van der Waals surface area contributed by atoms with Crippen LogP contribution in [-0.2, 0) is 18.0 Å². The number of hydrogen-bond donors (Lipinski definition) is 4. The molecule has 0 aromatic heterocycles. The minimum Gasteiger partial charge on any atom is -0.506 e. The molecule has 10 nitrogen and oxygen atoms in total. The van der Waals surface area contributed by atoms with Gasteiger partial charge in [-0.2, -0.15) is 0 Å². The van der Waals surface area contributed by atoms with E-state index in [1.54, 1.807) is 18.2 Å². The third-order valence-corrected chi connectivity index (χ3v) is 7.00. The second kappa shape index (κ2) is 15.2. The number of aromatic hydroxyl groups is 1. The van der Waals surface area contributed by atoms with Crippen molar-refractivity contribution in [1.29, 1.82) is 0 Å². The first kappa shape index (κ1) is 32.9. The van der Waals surface area contributed by atoms with Gasteiger partial charge in [-0.05, 0) is 77.9 Å². The third-order valence-electron chi connectivity index (χ3n) is 7.00. The Kier molecular flexibility index (Phi) is 10.4. The molecule has 0 aliphatic carbocycles. The summed E-state index contributed by atoms with van der Waals surface area (Å²) in [5.74, 6) is -1.72. The fourth-order valence-electron chi connectivity index (χ4n) is 4.56. The lowest BCUT2D eigenvalue weighted by molar-refractivity contribution is -0.114. The van der Waals surface area contributed by atoms with E-state index >= 15 is 0 Å². The molecule has 0 aliphatic heterocycles. The molecule has 11 heteroatoms. The number of phenols is 1. The fraction of sp³-hybridized carbons (Fsp3) is 0.0811. The number of carbonyl (C=O) groups is 4. The van der Waals surface area contributed by atoms with Crippen LogP contribution in [-0.4, -0.2) is 29.1 Å². The summed E-state index contributed by atoms with van der Waals surface area (Å²) in [5, 5.41) is 18.3. The van der Waals surface area contributed by atoms with E-state index in [-0.39, 0.29) is 64.4 Å². The molecule has 0 radical (unpaired) electrons. The van der Waals surface area contributed by atoms with Crippen LogP contribution in [0.2, 0.25) is 0 Å². The predicted octanol–water partition coefficient (Wildman–Crippen LogP) is 6.96. The molecule has 0 saturated heterocycles. The lowest BCUT2D eigenvalue weighted by Gasteiger charge is -2.16. The molecule has 5 rings (SSSR count). The smallest absolute Gasteiger partial charge is 0.255 e. The maximum atomic E-state index is 13.5. The number of rotatable bonds is 12. The quantitative estimate of drug-likeness (QED) is 0.0847. The van der Waals surface area contributed by atoms with E-state index in [2.05, 4.69) is 16.0 Å². The molecule has 242 valence electrons. The van der Waals surface area contributed by atoms with Crippen molar-refractivity contribution in [3.05, 3.63) is 143 Å². The Morgan fingerprint density at radius 1 is 0.667 bits per heavy atom. The number of amides is 3. The first-order chi connectivity index (χ1) is 23.2. The van der Waals surface area contributed by atoms with Gasteiger partial charge in [0, 0.05) is 23.6 Å². The molecular weight excluding hydrogens is 617 g/mol. The molecule has 0 bridgehead atoms. The zero-order valence-electron chi connectivity index (χ0n) is 25.7. The van der Waals surface area contributed by atoms with Crippen molar-refractivity contribution in [2.24, 2.45) is 0 Å². The molecule has 0 heterocycles. The number of anilines is 3. The summed E-state index contributed by atoms with van der Waals surface area (Å²) < 4.78 is 25.4. The minimum atomic E-state index is -0.595. The average Bonchev–Trinajstić information content (AvgIpc) is 3.09. The summed E-state index contributed by atoms with van der Waals surface area (Å²) in [6.45, 7) is 1.55. The summed E-state index contributed by atoms with van der Waals surface area (Å²) in [6.07, 6.45) is 0.568. The molecule has 0 fully saturated rings. The van der Waals surface area contributed by atoms with Crippen molar-refractivity contribution in [1.82, 2.24) is 0 Å². The summed E-state index contributed by atoms with van der Waals surface area (Å²) in [6, 6.07) is 28.1. The predicted molar refractivity (Wildman–Crippen MR) is 178 cm³/mol. The first-order valence-electron chi connectivity index (χ1n) is 14.7. The van der Waals surface area contributed by atoms with Gasteiger partial charge in [0.1, 0.15) is 42.6 Å². The normalized spacial score (nSPS) is 10.5. The van der Waals surface area contributed by atoms with E-state index in [4.69, 9.17) is 9.47 Å². The van der Waals surface area contributed by atoms with Crippen LogP contribution in [0.4, 0.5) is 21.5 Å². The second-order valence-electron chi connectivity index (χ2n) is 10.6. The molecule has 0 saturated carbocycles. The number of aldehydes is 1. The van der Waals surface area contributed by atoms with Crippen molar-refractivity contribution in [3.8, 4) is 17.2 Å². The number of carbonyl (C=O) groups excluding carboxylic acids is 4. The SMILES string of the molecule is CC(=O)Nc1ccc(C(=O)Nc2ccc(C(=O)Nc3ccc(C=O)cc3O)cc2OCc2ccc(F)cc2)cc1OCc1ccccc1. The number of hydrogen-bond acceptors (Lipinski definition) is 7. The second-order valence-corrected chi connectivity index (χ2v) is 10.6. The Balaban J connectivity index is 1.40. The van der Waals surface area contributed by atoms with Crippen molar-refractivity contribution in [2.75, 3.05) is 16.0 Å². The molecule has 5 aromatic rings. The number of benzene rings is 5. The highest BCUT2D eigenvalue weighted by atomic mass is 19.1. The van der Waals surface area contributed by atoms with E-state index in [0.717, 1.165) is 5.56 Å². The molecule has 0 aliphatic rings. The van der Waals surface area contributed by atoms with Gasteiger partial charge >= 0.3 is 0 Å². The Morgan fingerprint density at radius 3 is 1.73 bits per heavy atom. The maximum absolute atomic E-state index is 13.5. The van der Waals surface area contributed by atoms with E-state index in [1.807, 2.05) is 30.3 Å². The van der Waals surface area contributed by atoms with Gasteiger partial charge in [0.2, 0.25) is 5.91 Å². The van der Waals surface area contributed by atoms with Crippen LogP contribution >= 0.6 is 0 Å². The Hall–Kier alpha value is -6.49. The van der Waals surface area contributed by atoms with E-state index in [9.17, 15) is 28.7 Å². The molecule has 5 aromatic carbocycles. The lowest BCUT2D eigenvalue weighted by atomic mass is 10.1. The van der Waals surface area contributed by atoms with E-state index < -0.39 is 17.6 Å². The molecule has 0 spiro atoms. The van der Waals surface area contributed by atoms with Crippen LogP contribution in [0.1, 0.15) is 49.1 Å². The number of nitrogens with one attached hydrogen (secondary N) is 3. The Labute approximate surface area is 275 Å². The molecule has 3 amide bonds. The van der Waals surface area contributed by atoms with Crippen molar-refractivity contribution < 1.29 is 38.1 Å². The van der Waals surface area contributed by atoms with Gasteiger partial charge in [-0.3, -0.25) is 19.2 Å². The molecule has 48 heavy (non-hydrogen) atoms. The zero-order chi connectivity index (χ0) is 34.0. The van der Waals surface area contributed by atoms with Crippen LogP contribution in [0, 0.1) is 5.82 Å². The van der Waals surface area contributed by atoms with Crippen molar-refractivity contribution in [3.63, 3.8) is 0 Å². The van der Waals surface area contributed by atoms with Crippen LogP contribution in [0.5, 0.6) is 17.2 Å². The van der Waals surface area contributed by atoms with Gasteiger partial charge in [0.25, 0.3) is 11.8 Å². The highest BCUT2D eigenvalue weighted by Gasteiger charge is 2.18. The average molecular weight is 648 g/mol. The first-order valence-corrected chi connectivity index (χ1v) is 14.7. The number of halogens is 1. The molecule has 0 atom stereocenters. The number of phenolic OH excluding ortho intramolecular Hbond substituents is 1. The van der Waals surface area contributed by atoms with Gasteiger partial charge in [-0.15, -0.1) is 0 Å². The summed E-state index contributed by atoms with van der Waals surface area (Å²) in [7, 11) is 0. The summed E-state index contributed by atoms with van der Waals surface area (Å²) >= 11 is 0. The van der Waals surface area contributed by atoms with Crippen molar-refractivity contribution >= 4 is 41.1 Å². The van der Waals surface area contributed by atoms with Gasteiger partial charge in [-0.1, -0.05) is 42.5 Å². The largest absolute Gasteiger partial charge is 0.506 e. The van der Waals surface area contributed by atoms with Gasteiger partial charge in [0.15, 0.2) is 0 Å². The summed E-state index contributed by atoms with van der Waals surface area (Å²) in [5.41, 5.74) is 2.82. The molecule has 0 unspecified atom stereocenters. The Bertz CT molecular complexity index is 1960. The van der Waals surface area contributed by atoms with Crippen LogP contribution < -0.4 is 25.4 Å². The van der Waals surface area contributed by atoms with Gasteiger partial charge in [-0.25, -0.2) is 4.39 Å². The maximum Gasteiger partial charge on any atom is 0.255 e. The van der Waals surface area contributed by atoms with Crippen molar-refractivity contribution in [2.45, 2.75) is 20.1 Å². The standard InChI is InChI=1S/C37H30FN3O7/c1-23(43)39-31-15-10-28(18-34(31)47-21-24-5-3-2-4-6-24)37(46)41-32-16-11-27(19-35(32)48-22-25-7-12-29(38)13-8-25)36(45)40-30-14-9-26(20-42)17-33(30)44/h2-20,44H,21-22H2,1H3,(H,39,43)(H,40,45)(H,41,46). The number of ether oxygens (including phenoxy) is 2. The summed E-state index contributed by atoms with van der Waals surface area (Å²) in [4.78, 5) is 49.4. The Morgan fingerprint density at radius 2 is 1.19 bits per heavy atom. The molecule has 4 N–H and O–H groups in total. The van der Waals surface area contributed by atoms with Crippen LogP contribution in [0.15, 0.2) is 109 Å². The minimum absolute atomic E-state index is 0.00887. The van der Waals surface area contributed by atoms with E-state index in [0.29, 0.717) is 17.5 Å². The zero-order valence-corrected chi connectivity index (χ0v) is 25.7. The topological polar surface area (TPSA) is 143 Å². The van der Waals surface area contributed by atoms with Gasteiger partial charge in [0.05, 0.1) is 17.1 Å². The van der Waals surface area contributed by atoms with Crippen LogP contribution in [0.3, 0.4) is 0 Å². The lowest BCUT2D eigenvalue weighted by Crippen LogP contribution is -2.16. The highest BCUT2D eigenvalue weighted by molar-refractivity contribution is 6.08. The highest BCUT2D eigenvalue weighted by Crippen LogP contribution is 2.31. The van der Waals surface area contributed by atoms with Gasteiger partial charge < -0.3 is 30.5 Å². The molecular formula is C37H30FN3O7. The third kappa shape index (κ3) is 8.61.